The van der Waals surface area contributed by atoms with E-state index >= 15 is 0 Å². The van der Waals surface area contributed by atoms with Gasteiger partial charge in [-0.15, -0.1) is 0 Å². The largest absolute Gasteiger partial charge is 0.300 e. The summed E-state index contributed by atoms with van der Waals surface area (Å²) in [7, 11) is -3.37. The van der Waals surface area contributed by atoms with E-state index in [2.05, 4.69) is 15.3 Å². The molecule has 4 rings (SSSR count). The highest BCUT2D eigenvalue weighted by molar-refractivity contribution is 7.90. The summed E-state index contributed by atoms with van der Waals surface area (Å²) >= 11 is 1.11. The van der Waals surface area contributed by atoms with Crippen molar-refractivity contribution in [3.8, 4) is 5.69 Å². The van der Waals surface area contributed by atoms with E-state index in [1.54, 1.807) is 12.3 Å². The lowest BCUT2D eigenvalue weighted by molar-refractivity contribution is -0.384. The van der Waals surface area contributed by atoms with Gasteiger partial charge in [0.25, 0.3) is 11.6 Å². The van der Waals surface area contributed by atoms with Gasteiger partial charge >= 0.3 is 0 Å². The standard InChI is InChI=1S/C18H13N5O5S2/c1-30(27,28)12-3-4-13-16(9-12)29-18(20-13)21-17(24)11-2-5-14(15(8-11)23(25)26)22-7-6-19-10-22/h2-10H,1H3,(H,20,21,24). The van der Waals surface area contributed by atoms with Gasteiger partial charge in [-0.1, -0.05) is 11.3 Å². The first-order valence-electron chi connectivity index (χ1n) is 8.41. The molecule has 0 unspecified atom stereocenters. The van der Waals surface area contributed by atoms with Crippen LogP contribution >= 0.6 is 11.3 Å². The first kappa shape index (κ1) is 19.7. The van der Waals surface area contributed by atoms with Crippen molar-refractivity contribution in [3.05, 3.63) is 70.8 Å². The van der Waals surface area contributed by atoms with E-state index in [4.69, 9.17) is 0 Å². The second-order valence-corrected chi connectivity index (χ2v) is 9.35. The molecule has 1 N–H and O–H groups in total. The van der Waals surface area contributed by atoms with Crippen LogP contribution in [0.2, 0.25) is 0 Å². The van der Waals surface area contributed by atoms with E-state index in [1.807, 2.05) is 0 Å². The second kappa shape index (κ2) is 7.31. The molecule has 2 aromatic heterocycles. The molecule has 0 saturated carbocycles. The van der Waals surface area contributed by atoms with Crippen LogP contribution in [0.1, 0.15) is 10.4 Å². The van der Waals surface area contributed by atoms with E-state index in [-0.39, 0.29) is 27.0 Å². The summed E-state index contributed by atoms with van der Waals surface area (Å²) in [6, 6.07) is 8.60. The number of benzene rings is 2. The highest BCUT2D eigenvalue weighted by Crippen LogP contribution is 2.29. The molecule has 152 valence electrons. The van der Waals surface area contributed by atoms with Gasteiger partial charge in [0, 0.05) is 30.3 Å². The number of imidazole rings is 1. The molecule has 4 aromatic rings. The van der Waals surface area contributed by atoms with Gasteiger partial charge in [0.1, 0.15) is 5.69 Å². The minimum Gasteiger partial charge on any atom is -0.300 e. The summed E-state index contributed by atoms with van der Waals surface area (Å²) in [5.74, 6) is -0.572. The second-order valence-electron chi connectivity index (χ2n) is 6.31. The normalized spacial score (nSPS) is 11.5. The fraction of sp³-hybridized carbons (Fsp3) is 0.0556. The predicted octanol–water partition coefficient (Wildman–Crippen LogP) is 3.05. The summed E-state index contributed by atoms with van der Waals surface area (Å²) < 4.78 is 25.5. The van der Waals surface area contributed by atoms with E-state index in [0.717, 1.165) is 17.6 Å². The van der Waals surface area contributed by atoms with Gasteiger partial charge in [-0.05, 0) is 30.3 Å². The van der Waals surface area contributed by atoms with E-state index in [0.29, 0.717) is 10.2 Å². The molecular weight excluding hydrogens is 430 g/mol. The molecule has 0 aliphatic carbocycles. The third-order valence-corrected chi connectivity index (χ3v) is 6.27. The van der Waals surface area contributed by atoms with E-state index in [1.165, 1.54) is 47.4 Å². The SMILES string of the molecule is CS(=O)(=O)c1ccc2nc(NC(=O)c3ccc(-n4ccnc4)c([N+](=O)[O-])c3)sc2c1. The number of hydrogen-bond donors (Lipinski definition) is 1. The molecule has 2 heterocycles. The molecule has 10 nitrogen and oxygen atoms in total. The molecule has 0 aliphatic heterocycles. The molecule has 12 heteroatoms. The molecule has 0 atom stereocenters. The highest BCUT2D eigenvalue weighted by atomic mass is 32.2. The summed E-state index contributed by atoms with van der Waals surface area (Å²) in [5.41, 5.74) is 0.649. The maximum Gasteiger partial charge on any atom is 0.294 e. The molecule has 0 bridgehead atoms. The molecule has 0 radical (unpaired) electrons. The zero-order chi connectivity index (χ0) is 21.5. The molecule has 0 spiro atoms. The first-order chi connectivity index (χ1) is 14.2. The minimum atomic E-state index is -3.37. The van der Waals surface area contributed by atoms with Crippen molar-refractivity contribution < 1.29 is 18.1 Å². The fourth-order valence-corrected chi connectivity index (χ4v) is 4.41. The minimum absolute atomic E-state index is 0.0849. The Morgan fingerprint density at radius 3 is 2.70 bits per heavy atom. The fourth-order valence-electron chi connectivity index (χ4n) is 2.79. The van der Waals surface area contributed by atoms with Crippen LogP contribution in [0.25, 0.3) is 15.9 Å². The number of nitrogens with zero attached hydrogens (tertiary/aromatic N) is 4. The van der Waals surface area contributed by atoms with E-state index in [9.17, 15) is 23.3 Å². The van der Waals surface area contributed by atoms with Crippen molar-refractivity contribution in [2.24, 2.45) is 0 Å². The van der Waals surface area contributed by atoms with Gasteiger partial charge in [0.05, 0.1) is 26.4 Å². The summed E-state index contributed by atoms with van der Waals surface area (Å²) in [6.07, 6.45) is 5.59. The van der Waals surface area contributed by atoms with Crippen LogP contribution in [-0.2, 0) is 9.84 Å². The number of aromatic nitrogens is 3. The average Bonchev–Trinajstić information content (AvgIpc) is 3.35. The maximum atomic E-state index is 12.6. The Hall–Kier alpha value is -3.64. The van der Waals surface area contributed by atoms with Crippen molar-refractivity contribution in [1.29, 1.82) is 0 Å². The van der Waals surface area contributed by atoms with Crippen molar-refractivity contribution in [2.75, 3.05) is 11.6 Å². The van der Waals surface area contributed by atoms with Crippen molar-refractivity contribution >= 4 is 48.1 Å². The number of sulfone groups is 1. The van der Waals surface area contributed by atoms with Gasteiger partial charge in [-0.3, -0.25) is 20.2 Å². The number of hydrogen-bond acceptors (Lipinski definition) is 8. The zero-order valence-electron chi connectivity index (χ0n) is 15.3. The number of fused-ring (bicyclic) bond motifs is 1. The Kier molecular flexibility index (Phi) is 4.79. The number of thiazole rings is 1. The van der Waals surface area contributed by atoms with Crippen LogP contribution in [0.15, 0.2) is 60.0 Å². The highest BCUT2D eigenvalue weighted by Gasteiger charge is 2.20. The number of nitro groups is 1. The van der Waals surface area contributed by atoms with Crippen molar-refractivity contribution in [3.63, 3.8) is 0 Å². The Morgan fingerprint density at radius 1 is 1.23 bits per heavy atom. The Labute approximate surface area is 173 Å². The molecule has 0 fully saturated rings. The van der Waals surface area contributed by atoms with Crippen LogP contribution < -0.4 is 5.32 Å². The third-order valence-electron chi connectivity index (χ3n) is 4.23. The Morgan fingerprint density at radius 2 is 2.03 bits per heavy atom. The van der Waals surface area contributed by atoms with Gasteiger partial charge in [-0.25, -0.2) is 18.4 Å². The van der Waals surface area contributed by atoms with Crippen molar-refractivity contribution in [1.82, 2.24) is 14.5 Å². The lowest BCUT2D eigenvalue weighted by Crippen LogP contribution is -2.12. The van der Waals surface area contributed by atoms with Crippen molar-refractivity contribution in [2.45, 2.75) is 4.90 Å². The van der Waals surface area contributed by atoms with Gasteiger partial charge < -0.3 is 4.57 Å². The zero-order valence-corrected chi connectivity index (χ0v) is 17.0. The van der Waals surface area contributed by atoms with Crippen LogP contribution in [0.3, 0.4) is 0 Å². The quantitative estimate of drug-likeness (QED) is 0.370. The summed E-state index contributed by atoms with van der Waals surface area (Å²) in [5, 5.41) is 14.3. The Balaban J connectivity index is 1.64. The predicted molar refractivity (Wildman–Crippen MR) is 111 cm³/mol. The Bertz CT molecular complexity index is 1390. The number of nitro benzene ring substituents is 1. The number of amides is 1. The number of nitrogens with one attached hydrogen (secondary N) is 1. The summed E-state index contributed by atoms with van der Waals surface area (Å²) in [4.78, 5) is 31.8. The van der Waals surface area contributed by atoms with Gasteiger partial charge in [-0.2, -0.15) is 0 Å². The number of carbonyl (C=O) groups excluding carboxylic acids is 1. The van der Waals surface area contributed by atoms with Gasteiger partial charge in [0.15, 0.2) is 15.0 Å². The molecular formula is C18H13N5O5S2. The smallest absolute Gasteiger partial charge is 0.294 e. The number of rotatable bonds is 5. The molecule has 30 heavy (non-hydrogen) atoms. The third kappa shape index (κ3) is 3.77. The number of carbonyl (C=O) groups is 1. The lowest BCUT2D eigenvalue weighted by atomic mass is 10.1. The van der Waals surface area contributed by atoms with Crippen LogP contribution in [0.4, 0.5) is 10.8 Å². The van der Waals surface area contributed by atoms with Crippen LogP contribution in [-0.4, -0.2) is 40.0 Å². The number of anilines is 1. The van der Waals surface area contributed by atoms with E-state index < -0.39 is 20.7 Å². The monoisotopic (exact) mass is 443 g/mol. The maximum absolute atomic E-state index is 12.6. The average molecular weight is 443 g/mol. The van der Waals surface area contributed by atoms with Crippen LogP contribution in [0.5, 0.6) is 0 Å². The lowest BCUT2D eigenvalue weighted by Gasteiger charge is -2.06. The topological polar surface area (TPSA) is 137 Å². The molecule has 0 saturated heterocycles. The van der Waals surface area contributed by atoms with Crippen LogP contribution in [0, 0.1) is 10.1 Å². The molecule has 0 aliphatic rings. The summed E-state index contributed by atoms with van der Waals surface area (Å²) in [6.45, 7) is 0. The molecule has 2 aromatic carbocycles. The van der Waals surface area contributed by atoms with Gasteiger partial charge in [0.2, 0.25) is 0 Å². The molecule has 1 amide bonds. The first-order valence-corrected chi connectivity index (χ1v) is 11.1.